The Kier molecular flexibility index (Phi) is 1.87. The number of hydrogen-bond acceptors (Lipinski definition) is 2. The average molecular weight is 201 g/mol. The molecule has 0 fully saturated rings. The van der Waals surface area contributed by atoms with E-state index in [0.717, 1.165) is 10.4 Å². The molecular formula is C8H6Cl2N2. The first-order chi connectivity index (χ1) is 5.79. The smallest absolute Gasteiger partial charge is 0.149 e. The van der Waals surface area contributed by atoms with Crippen LogP contribution in [0.5, 0.6) is 0 Å². The van der Waals surface area contributed by atoms with Crippen molar-refractivity contribution in [2.45, 2.75) is 0 Å². The molecule has 0 amide bonds. The van der Waals surface area contributed by atoms with Gasteiger partial charge in [0.1, 0.15) is 5.16 Å². The predicted molar refractivity (Wildman–Crippen MR) is 50.2 cm³/mol. The summed E-state index contributed by atoms with van der Waals surface area (Å²) in [4.78, 5) is 0. The first kappa shape index (κ1) is 7.77. The summed E-state index contributed by atoms with van der Waals surface area (Å²) in [5.41, 5.74) is 2.79. The molecule has 1 heterocycles. The van der Waals surface area contributed by atoms with Crippen LogP contribution in [0.3, 0.4) is 0 Å². The second kappa shape index (κ2) is 2.88. The monoisotopic (exact) mass is 200 g/mol. The SMILES string of the molecule is ClC1=c2ccccc2=CNN1Cl. The summed E-state index contributed by atoms with van der Waals surface area (Å²) < 4.78 is 1.25. The van der Waals surface area contributed by atoms with E-state index in [1.54, 1.807) is 6.20 Å². The van der Waals surface area contributed by atoms with Crippen LogP contribution in [-0.2, 0) is 0 Å². The fourth-order valence-electron chi connectivity index (χ4n) is 1.10. The van der Waals surface area contributed by atoms with Gasteiger partial charge in [0.15, 0.2) is 0 Å². The number of hydrazine groups is 1. The second-order valence-electron chi connectivity index (χ2n) is 2.43. The lowest BCUT2D eigenvalue weighted by Crippen LogP contribution is -2.40. The minimum absolute atomic E-state index is 0.495. The van der Waals surface area contributed by atoms with Crippen LogP contribution in [0.15, 0.2) is 24.3 Å². The Balaban J connectivity index is 2.83. The molecule has 2 rings (SSSR count). The quantitative estimate of drug-likeness (QED) is 0.491. The Morgan fingerprint density at radius 3 is 2.83 bits per heavy atom. The maximum atomic E-state index is 5.93. The molecule has 0 aromatic heterocycles. The van der Waals surface area contributed by atoms with Crippen LogP contribution in [0, 0.1) is 0 Å². The lowest BCUT2D eigenvalue weighted by molar-refractivity contribution is 0.573. The molecule has 0 spiro atoms. The van der Waals surface area contributed by atoms with Crippen LogP contribution in [0.2, 0.25) is 0 Å². The van der Waals surface area contributed by atoms with E-state index >= 15 is 0 Å². The number of rotatable bonds is 0. The van der Waals surface area contributed by atoms with Gasteiger partial charge < -0.3 is 0 Å². The van der Waals surface area contributed by atoms with Crippen molar-refractivity contribution in [1.29, 1.82) is 0 Å². The summed E-state index contributed by atoms with van der Waals surface area (Å²) in [5, 5.41) is 2.47. The second-order valence-corrected chi connectivity index (χ2v) is 3.13. The van der Waals surface area contributed by atoms with Gasteiger partial charge in [-0.25, -0.2) is 0 Å². The van der Waals surface area contributed by atoms with E-state index in [0.29, 0.717) is 5.16 Å². The summed E-state index contributed by atoms with van der Waals surface area (Å²) in [6.45, 7) is 0. The lowest BCUT2D eigenvalue weighted by Gasteiger charge is -2.17. The van der Waals surface area contributed by atoms with E-state index in [1.807, 2.05) is 24.3 Å². The Hall–Kier alpha value is -0.860. The normalized spacial score (nSPS) is 14.8. The van der Waals surface area contributed by atoms with Gasteiger partial charge in [-0.15, -0.1) is 0 Å². The summed E-state index contributed by atoms with van der Waals surface area (Å²) in [5.74, 6) is 0. The maximum Gasteiger partial charge on any atom is 0.149 e. The molecule has 0 radical (unpaired) electrons. The topological polar surface area (TPSA) is 15.3 Å². The number of nitrogens with zero attached hydrogens (tertiary/aromatic N) is 1. The molecule has 62 valence electrons. The summed E-state index contributed by atoms with van der Waals surface area (Å²) in [6, 6.07) is 7.76. The number of halogens is 2. The molecule has 0 saturated heterocycles. The van der Waals surface area contributed by atoms with E-state index in [9.17, 15) is 0 Å². The molecular weight excluding hydrogens is 195 g/mol. The molecule has 0 saturated carbocycles. The van der Waals surface area contributed by atoms with Crippen LogP contribution in [-0.4, -0.2) is 4.53 Å². The van der Waals surface area contributed by atoms with Crippen molar-refractivity contribution in [2.24, 2.45) is 0 Å². The highest BCUT2D eigenvalue weighted by Crippen LogP contribution is 2.09. The van der Waals surface area contributed by atoms with Gasteiger partial charge in [0.25, 0.3) is 0 Å². The van der Waals surface area contributed by atoms with Gasteiger partial charge >= 0.3 is 0 Å². The molecule has 1 N–H and O–H groups in total. The van der Waals surface area contributed by atoms with Gasteiger partial charge in [-0.1, -0.05) is 35.9 Å². The van der Waals surface area contributed by atoms with Gasteiger partial charge in [-0.2, -0.15) is 4.53 Å². The molecule has 12 heavy (non-hydrogen) atoms. The lowest BCUT2D eigenvalue weighted by atomic mass is 10.2. The summed E-state index contributed by atoms with van der Waals surface area (Å²) in [6.07, 6.45) is 1.80. The van der Waals surface area contributed by atoms with Crippen molar-refractivity contribution >= 4 is 34.7 Å². The van der Waals surface area contributed by atoms with Gasteiger partial charge in [-0.05, 0) is 0 Å². The molecule has 2 nitrogen and oxygen atoms in total. The zero-order valence-electron chi connectivity index (χ0n) is 6.09. The van der Waals surface area contributed by atoms with E-state index < -0.39 is 0 Å². The van der Waals surface area contributed by atoms with Gasteiger partial charge in [0.05, 0.1) is 0 Å². The number of benzene rings is 1. The zero-order chi connectivity index (χ0) is 8.55. The summed E-state index contributed by atoms with van der Waals surface area (Å²) >= 11 is 11.6. The van der Waals surface area contributed by atoms with Crippen LogP contribution in [0.4, 0.5) is 0 Å². The largest absolute Gasteiger partial charge is 0.289 e. The Morgan fingerprint density at radius 2 is 2.00 bits per heavy atom. The van der Waals surface area contributed by atoms with E-state index in [-0.39, 0.29) is 0 Å². The molecule has 1 aromatic rings. The molecule has 1 aliphatic heterocycles. The van der Waals surface area contributed by atoms with Crippen molar-refractivity contribution in [3.8, 4) is 0 Å². The highest BCUT2D eigenvalue weighted by atomic mass is 35.5. The molecule has 0 unspecified atom stereocenters. The van der Waals surface area contributed by atoms with Gasteiger partial charge in [-0.3, -0.25) is 5.43 Å². The minimum Gasteiger partial charge on any atom is -0.289 e. The average Bonchev–Trinajstić information content (AvgIpc) is 2.12. The van der Waals surface area contributed by atoms with Gasteiger partial charge in [0.2, 0.25) is 0 Å². The molecule has 1 aromatic carbocycles. The van der Waals surface area contributed by atoms with Gasteiger partial charge in [0, 0.05) is 28.4 Å². The fraction of sp³-hybridized carbons (Fsp3) is 0. The van der Waals surface area contributed by atoms with Crippen LogP contribution >= 0.6 is 23.4 Å². The van der Waals surface area contributed by atoms with Crippen molar-refractivity contribution < 1.29 is 0 Å². The predicted octanol–water partition coefficient (Wildman–Crippen LogP) is 0.703. The fourth-order valence-corrected chi connectivity index (χ4v) is 1.46. The minimum atomic E-state index is 0.495. The van der Waals surface area contributed by atoms with E-state index in [1.165, 1.54) is 4.53 Å². The standard InChI is InChI=1S/C8H6Cl2N2/c9-8-7-4-2-1-3-6(7)5-11-12(8)10/h1-5,11H. The third kappa shape index (κ3) is 1.13. The molecule has 0 atom stereocenters. The van der Waals surface area contributed by atoms with E-state index in [4.69, 9.17) is 23.4 Å². The third-order valence-electron chi connectivity index (χ3n) is 1.69. The molecule has 0 bridgehead atoms. The highest BCUT2D eigenvalue weighted by molar-refractivity contribution is 6.47. The summed E-state index contributed by atoms with van der Waals surface area (Å²) in [7, 11) is 0. The number of nitrogens with one attached hydrogen (secondary N) is 1. The van der Waals surface area contributed by atoms with Crippen LogP contribution < -0.4 is 15.9 Å². The third-order valence-corrected chi connectivity index (χ3v) is 2.41. The molecule has 4 heteroatoms. The van der Waals surface area contributed by atoms with Crippen molar-refractivity contribution in [1.82, 2.24) is 9.95 Å². The zero-order valence-corrected chi connectivity index (χ0v) is 7.60. The Morgan fingerprint density at radius 1 is 1.25 bits per heavy atom. The van der Waals surface area contributed by atoms with E-state index in [2.05, 4.69) is 5.43 Å². The Labute approximate surface area is 79.8 Å². The Bertz CT molecular complexity index is 413. The van der Waals surface area contributed by atoms with Crippen LogP contribution in [0.1, 0.15) is 0 Å². The molecule has 0 aliphatic carbocycles. The van der Waals surface area contributed by atoms with Crippen molar-refractivity contribution in [3.05, 3.63) is 34.7 Å². The van der Waals surface area contributed by atoms with Crippen molar-refractivity contribution in [2.75, 3.05) is 0 Å². The number of hydrogen-bond donors (Lipinski definition) is 1. The van der Waals surface area contributed by atoms with Crippen LogP contribution in [0.25, 0.3) is 11.4 Å². The maximum absolute atomic E-state index is 5.93. The first-order valence-corrected chi connectivity index (χ1v) is 4.18. The van der Waals surface area contributed by atoms with Crippen molar-refractivity contribution in [3.63, 3.8) is 0 Å². The molecule has 1 aliphatic rings. The first-order valence-electron chi connectivity index (χ1n) is 3.46. The highest BCUT2D eigenvalue weighted by Gasteiger charge is 2.06. The number of fused-ring (bicyclic) bond motifs is 1.